The molecule has 0 saturated heterocycles. The zero-order valence-electron chi connectivity index (χ0n) is 10.6. The molecule has 0 fully saturated rings. The molecule has 1 aliphatic carbocycles. The van der Waals surface area contributed by atoms with Crippen LogP contribution in [0.25, 0.3) is 11.3 Å². The molecule has 0 aliphatic heterocycles. The van der Waals surface area contributed by atoms with Crippen LogP contribution in [0.2, 0.25) is 0 Å². The second-order valence-electron chi connectivity index (χ2n) is 4.40. The summed E-state index contributed by atoms with van der Waals surface area (Å²) < 4.78 is 0. The lowest BCUT2D eigenvalue weighted by atomic mass is 10.0. The third kappa shape index (κ3) is 1.51. The molecule has 3 rings (SSSR count). The molecule has 0 amide bonds. The van der Waals surface area contributed by atoms with Crippen molar-refractivity contribution in [3.63, 3.8) is 0 Å². The molecule has 94 valence electrons. The molecule has 0 bridgehead atoms. The quantitative estimate of drug-likeness (QED) is 0.667. The number of aryl methyl sites for hydroxylation is 1. The maximum Gasteiger partial charge on any atom is 0.214 e. The maximum atomic E-state index is 12.3. The van der Waals surface area contributed by atoms with Gasteiger partial charge in [-0.15, -0.1) is 0 Å². The lowest BCUT2D eigenvalue weighted by Crippen LogP contribution is -2.04. The number of nitriles is 2. The van der Waals surface area contributed by atoms with Gasteiger partial charge in [-0.25, -0.2) is 9.97 Å². The second kappa shape index (κ2) is 4.25. The monoisotopic (exact) mass is 260 g/mol. The van der Waals surface area contributed by atoms with E-state index in [1.807, 2.05) is 25.1 Å². The van der Waals surface area contributed by atoms with E-state index in [0.717, 1.165) is 12.0 Å². The van der Waals surface area contributed by atoms with Crippen molar-refractivity contribution >= 4 is 5.78 Å². The van der Waals surface area contributed by atoms with Gasteiger partial charge in [0.05, 0.1) is 0 Å². The molecule has 0 radical (unpaired) electrons. The molecular formula is C15H8N4O. The van der Waals surface area contributed by atoms with Gasteiger partial charge in [0.2, 0.25) is 5.78 Å². The second-order valence-corrected chi connectivity index (χ2v) is 4.40. The zero-order chi connectivity index (χ0) is 14.3. The predicted molar refractivity (Wildman–Crippen MR) is 69.7 cm³/mol. The Morgan fingerprint density at radius 2 is 1.70 bits per heavy atom. The summed E-state index contributed by atoms with van der Waals surface area (Å²) in [6, 6.07) is 9.17. The van der Waals surface area contributed by atoms with Gasteiger partial charge in [-0.05, 0) is 18.1 Å². The molecule has 1 aromatic heterocycles. The van der Waals surface area contributed by atoms with E-state index in [0.29, 0.717) is 16.8 Å². The van der Waals surface area contributed by atoms with Crippen molar-refractivity contribution in [1.82, 2.24) is 9.97 Å². The third-order valence-electron chi connectivity index (χ3n) is 3.31. The van der Waals surface area contributed by atoms with Crippen molar-refractivity contribution in [1.29, 1.82) is 10.5 Å². The van der Waals surface area contributed by atoms with Crippen LogP contribution in [-0.2, 0) is 6.42 Å². The van der Waals surface area contributed by atoms with Gasteiger partial charge in [0.1, 0.15) is 23.5 Å². The first kappa shape index (κ1) is 12.0. The minimum atomic E-state index is -0.244. The number of nitrogens with zero attached hydrogens (tertiary/aromatic N) is 4. The highest BCUT2D eigenvalue weighted by molar-refractivity contribution is 6.19. The Hall–Kier alpha value is -3.05. The number of carbonyl (C=O) groups is 1. The summed E-state index contributed by atoms with van der Waals surface area (Å²) in [6.07, 6.45) is 0.839. The molecule has 0 spiro atoms. The molecule has 0 unspecified atom stereocenters. The highest BCUT2D eigenvalue weighted by Gasteiger charge is 2.31. The molecule has 5 nitrogen and oxygen atoms in total. The minimum absolute atomic E-state index is 0.0474. The fraction of sp³-hybridized carbons (Fsp3) is 0.133. The summed E-state index contributed by atoms with van der Waals surface area (Å²) >= 11 is 0. The normalized spacial score (nSPS) is 11.4. The summed E-state index contributed by atoms with van der Waals surface area (Å²) in [5, 5.41) is 18.0. The van der Waals surface area contributed by atoms with Crippen molar-refractivity contribution in [2.24, 2.45) is 0 Å². The molecule has 1 aromatic carbocycles. The van der Waals surface area contributed by atoms with E-state index in [4.69, 9.17) is 10.5 Å². The SMILES string of the molecule is CCc1ccc2c(c1)-c1nc(C#N)c(C#N)nc1C2=O. The Bertz CT molecular complexity index is 840. The highest BCUT2D eigenvalue weighted by atomic mass is 16.1. The molecular weight excluding hydrogens is 252 g/mol. The van der Waals surface area contributed by atoms with Crippen LogP contribution in [0.4, 0.5) is 0 Å². The van der Waals surface area contributed by atoms with Crippen molar-refractivity contribution in [3.05, 3.63) is 46.4 Å². The van der Waals surface area contributed by atoms with Crippen LogP contribution in [0.5, 0.6) is 0 Å². The van der Waals surface area contributed by atoms with E-state index in [1.54, 1.807) is 12.1 Å². The topological polar surface area (TPSA) is 90.4 Å². The van der Waals surface area contributed by atoms with Crippen molar-refractivity contribution < 1.29 is 4.79 Å². The van der Waals surface area contributed by atoms with Crippen LogP contribution in [0.15, 0.2) is 18.2 Å². The minimum Gasteiger partial charge on any atom is -0.287 e. The van der Waals surface area contributed by atoms with Gasteiger partial charge in [0.15, 0.2) is 11.4 Å². The van der Waals surface area contributed by atoms with Gasteiger partial charge in [-0.1, -0.05) is 19.1 Å². The summed E-state index contributed by atoms with van der Waals surface area (Å²) in [5.74, 6) is -0.244. The first-order valence-corrected chi connectivity index (χ1v) is 6.09. The van der Waals surface area contributed by atoms with Crippen LogP contribution in [-0.4, -0.2) is 15.8 Å². The van der Waals surface area contributed by atoms with E-state index in [-0.39, 0.29) is 22.9 Å². The number of hydrogen-bond acceptors (Lipinski definition) is 5. The number of fused-ring (bicyclic) bond motifs is 3. The van der Waals surface area contributed by atoms with Gasteiger partial charge in [-0.3, -0.25) is 4.79 Å². The standard InChI is InChI=1S/C15H8N4O/c1-2-8-3-4-9-10(5-8)13-14(15(9)20)19-12(7-17)11(6-16)18-13/h3-5H,2H2,1H3. The van der Waals surface area contributed by atoms with Crippen LogP contribution in [0.1, 0.15) is 39.9 Å². The van der Waals surface area contributed by atoms with Crippen LogP contribution < -0.4 is 0 Å². The lowest BCUT2D eigenvalue weighted by Gasteiger charge is -2.02. The third-order valence-corrected chi connectivity index (χ3v) is 3.31. The number of hydrogen-bond donors (Lipinski definition) is 0. The molecule has 20 heavy (non-hydrogen) atoms. The average Bonchev–Trinajstić information content (AvgIpc) is 2.77. The fourth-order valence-electron chi connectivity index (χ4n) is 2.27. The van der Waals surface area contributed by atoms with Crippen LogP contribution in [0, 0.1) is 22.7 Å². The summed E-state index contributed by atoms with van der Waals surface area (Å²) in [5.41, 5.74) is 2.69. The molecule has 5 heteroatoms. The first-order chi connectivity index (χ1) is 9.69. The maximum absolute atomic E-state index is 12.3. The number of carbonyl (C=O) groups excluding carboxylic acids is 1. The Balaban J connectivity index is 2.33. The van der Waals surface area contributed by atoms with Crippen LogP contribution >= 0.6 is 0 Å². The molecule has 0 saturated carbocycles. The van der Waals surface area contributed by atoms with Gasteiger partial charge in [0.25, 0.3) is 0 Å². The summed E-state index contributed by atoms with van der Waals surface area (Å²) in [7, 11) is 0. The highest BCUT2D eigenvalue weighted by Crippen LogP contribution is 2.35. The Labute approximate surface area is 115 Å². The number of ketones is 1. The lowest BCUT2D eigenvalue weighted by molar-refractivity contribution is 0.103. The van der Waals surface area contributed by atoms with Crippen molar-refractivity contribution in [2.45, 2.75) is 13.3 Å². The van der Waals surface area contributed by atoms with E-state index >= 15 is 0 Å². The number of benzene rings is 1. The first-order valence-electron chi connectivity index (χ1n) is 6.09. The molecule has 0 atom stereocenters. The Kier molecular flexibility index (Phi) is 2.55. The molecule has 2 aromatic rings. The van der Waals surface area contributed by atoms with E-state index in [9.17, 15) is 4.79 Å². The zero-order valence-corrected chi connectivity index (χ0v) is 10.6. The van der Waals surface area contributed by atoms with E-state index < -0.39 is 0 Å². The van der Waals surface area contributed by atoms with Crippen LogP contribution in [0.3, 0.4) is 0 Å². The molecule has 1 heterocycles. The number of aromatic nitrogens is 2. The number of rotatable bonds is 1. The predicted octanol–water partition coefficient (Wildman–Crippen LogP) is 1.99. The average molecular weight is 260 g/mol. The largest absolute Gasteiger partial charge is 0.287 e. The Morgan fingerprint density at radius 3 is 2.30 bits per heavy atom. The summed E-state index contributed by atoms with van der Waals surface area (Å²) in [4.78, 5) is 20.4. The molecule has 0 N–H and O–H groups in total. The van der Waals surface area contributed by atoms with Crippen molar-refractivity contribution in [3.8, 4) is 23.4 Å². The van der Waals surface area contributed by atoms with Crippen molar-refractivity contribution in [2.75, 3.05) is 0 Å². The Morgan fingerprint density at radius 1 is 1.05 bits per heavy atom. The van der Waals surface area contributed by atoms with Gasteiger partial charge in [-0.2, -0.15) is 10.5 Å². The fourth-order valence-corrected chi connectivity index (χ4v) is 2.27. The van der Waals surface area contributed by atoms with E-state index in [1.165, 1.54) is 0 Å². The van der Waals surface area contributed by atoms with Gasteiger partial charge >= 0.3 is 0 Å². The van der Waals surface area contributed by atoms with Gasteiger partial charge in [0, 0.05) is 11.1 Å². The summed E-state index contributed by atoms with van der Waals surface area (Å²) in [6.45, 7) is 2.02. The van der Waals surface area contributed by atoms with Gasteiger partial charge < -0.3 is 0 Å². The van der Waals surface area contributed by atoms with E-state index in [2.05, 4.69) is 9.97 Å². The smallest absolute Gasteiger partial charge is 0.214 e. The molecule has 1 aliphatic rings.